The lowest BCUT2D eigenvalue weighted by Crippen LogP contribution is -2.11. The fraction of sp³-hybridized carbons (Fsp3) is 0.364. The molecule has 0 aromatic heterocycles. The Balaban J connectivity index is 2.42. The molecule has 1 aliphatic heterocycles. The van der Waals surface area contributed by atoms with Crippen LogP contribution in [0.4, 0.5) is 0 Å². The lowest BCUT2D eigenvalue weighted by atomic mass is 10.1. The van der Waals surface area contributed by atoms with Gasteiger partial charge in [-0.2, -0.15) is 0 Å². The van der Waals surface area contributed by atoms with Crippen molar-refractivity contribution in [3.8, 4) is 11.5 Å². The van der Waals surface area contributed by atoms with E-state index in [1.54, 1.807) is 6.07 Å². The first-order valence-electron chi connectivity index (χ1n) is 5.09. The smallest absolute Gasteiger partial charge is 0.337 e. The summed E-state index contributed by atoms with van der Waals surface area (Å²) in [6.45, 7) is 1.07. The number of carbonyl (C=O) groups is 1. The molecule has 1 unspecified atom stereocenters. The Morgan fingerprint density at radius 2 is 1.88 bits per heavy atom. The molecule has 1 atom stereocenters. The minimum Gasteiger partial charge on any atom is -0.490 e. The SMILES string of the molecule is O=C(O)C(O)c1cc2c(cc1Br)OCCCO2. The van der Waals surface area contributed by atoms with E-state index < -0.39 is 12.1 Å². The number of carboxylic acid groups (broad SMARTS) is 1. The Labute approximate surface area is 106 Å². The number of benzene rings is 1. The third-order valence-electron chi connectivity index (χ3n) is 2.40. The average molecular weight is 303 g/mol. The number of rotatable bonds is 2. The van der Waals surface area contributed by atoms with E-state index in [9.17, 15) is 9.90 Å². The summed E-state index contributed by atoms with van der Waals surface area (Å²) >= 11 is 3.21. The lowest BCUT2D eigenvalue weighted by molar-refractivity contribution is -0.147. The van der Waals surface area contributed by atoms with Crippen molar-refractivity contribution >= 4 is 21.9 Å². The van der Waals surface area contributed by atoms with Crippen LogP contribution in [-0.4, -0.2) is 29.4 Å². The average Bonchev–Trinajstić information content (AvgIpc) is 2.51. The Morgan fingerprint density at radius 1 is 1.29 bits per heavy atom. The van der Waals surface area contributed by atoms with Gasteiger partial charge in [0.05, 0.1) is 13.2 Å². The fourth-order valence-corrected chi connectivity index (χ4v) is 2.08. The van der Waals surface area contributed by atoms with Crippen LogP contribution in [0, 0.1) is 0 Å². The number of aliphatic hydroxyl groups excluding tert-OH is 1. The molecular formula is C11H11BrO5. The maximum atomic E-state index is 10.7. The highest BCUT2D eigenvalue weighted by Crippen LogP contribution is 2.37. The molecule has 1 aromatic carbocycles. The number of aliphatic carboxylic acids is 1. The van der Waals surface area contributed by atoms with Crippen molar-refractivity contribution in [3.63, 3.8) is 0 Å². The van der Waals surface area contributed by atoms with Crippen molar-refractivity contribution in [2.24, 2.45) is 0 Å². The zero-order valence-corrected chi connectivity index (χ0v) is 10.4. The van der Waals surface area contributed by atoms with E-state index in [0.29, 0.717) is 29.2 Å². The Kier molecular flexibility index (Phi) is 3.54. The predicted molar refractivity (Wildman–Crippen MR) is 62.3 cm³/mol. The molecular weight excluding hydrogens is 292 g/mol. The molecule has 0 radical (unpaired) electrons. The highest BCUT2D eigenvalue weighted by Gasteiger charge is 2.22. The molecule has 92 valence electrons. The van der Waals surface area contributed by atoms with Gasteiger partial charge in [0.15, 0.2) is 17.6 Å². The van der Waals surface area contributed by atoms with Crippen LogP contribution in [0.1, 0.15) is 18.1 Å². The molecule has 17 heavy (non-hydrogen) atoms. The maximum absolute atomic E-state index is 10.7. The zero-order valence-electron chi connectivity index (χ0n) is 8.85. The summed E-state index contributed by atoms with van der Waals surface area (Å²) in [7, 11) is 0. The third kappa shape index (κ3) is 2.53. The summed E-state index contributed by atoms with van der Waals surface area (Å²) in [5.41, 5.74) is 0.252. The Morgan fingerprint density at radius 3 is 2.47 bits per heavy atom. The molecule has 0 bridgehead atoms. The first-order chi connectivity index (χ1) is 8.09. The minimum absolute atomic E-state index is 0.252. The number of aliphatic hydroxyl groups is 1. The minimum atomic E-state index is -1.58. The van der Waals surface area contributed by atoms with E-state index in [0.717, 1.165) is 6.42 Å². The van der Waals surface area contributed by atoms with Gasteiger partial charge in [-0.05, 0) is 12.1 Å². The highest BCUT2D eigenvalue weighted by molar-refractivity contribution is 9.10. The normalized spacial score (nSPS) is 16.1. The number of hydrogen-bond donors (Lipinski definition) is 2. The van der Waals surface area contributed by atoms with Gasteiger partial charge in [-0.15, -0.1) is 0 Å². The van der Waals surface area contributed by atoms with Gasteiger partial charge in [0.25, 0.3) is 0 Å². The van der Waals surface area contributed by atoms with Crippen LogP contribution in [0.25, 0.3) is 0 Å². The number of ether oxygens (including phenoxy) is 2. The third-order valence-corrected chi connectivity index (χ3v) is 3.08. The molecule has 0 fully saturated rings. The van der Waals surface area contributed by atoms with E-state index in [1.807, 2.05) is 0 Å². The van der Waals surface area contributed by atoms with Gasteiger partial charge in [0, 0.05) is 16.5 Å². The molecule has 0 saturated carbocycles. The van der Waals surface area contributed by atoms with Crippen LogP contribution in [0.15, 0.2) is 16.6 Å². The van der Waals surface area contributed by atoms with Crippen molar-refractivity contribution in [2.45, 2.75) is 12.5 Å². The van der Waals surface area contributed by atoms with Gasteiger partial charge in [0.2, 0.25) is 0 Å². The van der Waals surface area contributed by atoms with Crippen LogP contribution in [0.3, 0.4) is 0 Å². The molecule has 2 rings (SSSR count). The summed E-state index contributed by atoms with van der Waals surface area (Å²) in [6, 6.07) is 3.10. The summed E-state index contributed by atoms with van der Waals surface area (Å²) in [4.78, 5) is 10.7. The van der Waals surface area contributed by atoms with Crippen LogP contribution in [0.2, 0.25) is 0 Å². The predicted octanol–water partition coefficient (Wildman–Crippen LogP) is 1.73. The molecule has 0 aliphatic carbocycles. The molecule has 1 aliphatic rings. The van der Waals surface area contributed by atoms with Gasteiger partial charge < -0.3 is 19.7 Å². The second kappa shape index (κ2) is 4.93. The molecule has 1 aromatic rings. The van der Waals surface area contributed by atoms with Gasteiger partial charge >= 0.3 is 5.97 Å². The van der Waals surface area contributed by atoms with Crippen molar-refractivity contribution in [1.82, 2.24) is 0 Å². The van der Waals surface area contributed by atoms with E-state index >= 15 is 0 Å². The standard InChI is InChI=1S/C11H11BrO5/c12-7-5-9-8(16-2-1-3-17-9)4-6(7)10(13)11(14)15/h4-5,10,13H,1-3H2,(H,14,15). The van der Waals surface area contributed by atoms with Crippen molar-refractivity contribution in [2.75, 3.05) is 13.2 Å². The van der Waals surface area contributed by atoms with Gasteiger partial charge in [-0.1, -0.05) is 15.9 Å². The molecule has 5 nitrogen and oxygen atoms in total. The molecule has 1 heterocycles. The first kappa shape index (κ1) is 12.2. The van der Waals surface area contributed by atoms with E-state index in [4.69, 9.17) is 14.6 Å². The summed E-state index contributed by atoms with van der Waals surface area (Å²) in [6.07, 6.45) is -0.815. The summed E-state index contributed by atoms with van der Waals surface area (Å²) < 4.78 is 11.3. The maximum Gasteiger partial charge on any atom is 0.337 e. The molecule has 0 spiro atoms. The topological polar surface area (TPSA) is 76.0 Å². The van der Waals surface area contributed by atoms with Crippen LogP contribution >= 0.6 is 15.9 Å². The van der Waals surface area contributed by atoms with Gasteiger partial charge in [0.1, 0.15) is 0 Å². The van der Waals surface area contributed by atoms with Gasteiger partial charge in [-0.25, -0.2) is 4.79 Å². The lowest BCUT2D eigenvalue weighted by Gasteiger charge is -2.13. The monoisotopic (exact) mass is 302 g/mol. The molecule has 6 heteroatoms. The van der Waals surface area contributed by atoms with E-state index in [1.165, 1.54) is 6.07 Å². The second-order valence-corrected chi connectivity index (χ2v) is 4.47. The largest absolute Gasteiger partial charge is 0.490 e. The van der Waals surface area contributed by atoms with Crippen molar-refractivity contribution in [3.05, 3.63) is 22.2 Å². The van der Waals surface area contributed by atoms with Crippen LogP contribution in [-0.2, 0) is 4.79 Å². The number of carboxylic acids is 1. The van der Waals surface area contributed by atoms with Gasteiger partial charge in [-0.3, -0.25) is 0 Å². The molecule has 2 N–H and O–H groups in total. The highest BCUT2D eigenvalue weighted by atomic mass is 79.9. The van der Waals surface area contributed by atoms with E-state index in [-0.39, 0.29) is 5.56 Å². The molecule has 0 amide bonds. The van der Waals surface area contributed by atoms with Crippen LogP contribution in [0.5, 0.6) is 11.5 Å². The number of hydrogen-bond acceptors (Lipinski definition) is 4. The van der Waals surface area contributed by atoms with E-state index in [2.05, 4.69) is 15.9 Å². The fourth-order valence-electron chi connectivity index (χ4n) is 1.54. The summed E-state index contributed by atoms with van der Waals surface area (Å²) in [5.74, 6) is -0.295. The van der Waals surface area contributed by atoms with Crippen molar-refractivity contribution in [1.29, 1.82) is 0 Å². The quantitative estimate of drug-likeness (QED) is 0.870. The summed E-state index contributed by atoms with van der Waals surface area (Å²) in [5, 5.41) is 18.3. The zero-order chi connectivity index (χ0) is 12.4. The molecule has 0 saturated heterocycles. The first-order valence-corrected chi connectivity index (χ1v) is 5.89. The van der Waals surface area contributed by atoms with Crippen LogP contribution < -0.4 is 9.47 Å². The number of fused-ring (bicyclic) bond motifs is 1. The van der Waals surface area contributed by atoms with Crippen molar-refractivity contribution < 1.29 is 24.5 Å². The Bertz CT molecular complexity index is 446. The second-order valence-electron chi connectivity index (χ2n) is 3.61. The number of halogens is 1. The Hall–Kier alpha value is -1.27.